The second-order valence-corrected chi connectivity index (χ2v) is 3.44. The van der Waals surface area contributed by atoms with Gasteiger partial charge in [0, 0.05) is 0 Å². The van der Waals surface area contributed by atoms with Crippen molar-refractivity contribution in [1.29, 1.82) is 0 Å². The third-order valence-electron chi connectivity index (χ3n) is 2.17. The smallest absolute Gasteiger partial charge is 0.310 e. The fraction of sp³-hybridized carbons (Fsp3) is 0.308. The van der Waals surface area contributed by atoms with Crippen molar-refractivity contribution in [2.45, 2.75) is 19.8 Å². The van der Waals surface area contributed by atoms with Crippen LogP contribution in [0.3, 0.4) is 0 Å². The molecule has 1 N–H and O–H groups in total. The van der Waals surface area contributed by atoms with E-state index in [0.717, 1.165) is 11.1 Å². The summed E-state index contributed by atoms with van der Waals surface area (Å²) in [5, 5.41) is 9.67. The van der Waals surface area contributed by atoms with E-state index in [-0.39, 0.29) is 18.1 Å². The number of hydrogen-bond acceptors (Lipinski definition) is 3. The van der Waals surface area contributed by atoms with Crippen LogP contribution in [0.2, 0.25) is 0 Å². The average Bonchev–Trinajstić information content (AvgIpc) is 2.22. The molecule has 0 saturated carbocycles. The number of esters is 1. The van der Waals surface area contributed by atoms with Crippen LogP contribution in [0, 0.1) is 0 Å². The van der Waals surface area contributed by atoms with E-state index < -0.39 is 0 Å². The number of phenols is 1. The van der Waals surface area contributed by atoms with Crippen LogP contribution in [0.25, 0.3) is 0 Å². The summed E-state index contributed by atoms with van der Waals surface area (Å²) < 4.78 is 4.83. The topological polar surface area (TPSA) is 46.5 Å². The molecule has 0 heterocycles. The van der Waals surface area contributed by atoms with Gasteiger partial charge in [-0.2, -0.15) is 0 Å². The molecule has 3 nitrogen and oxygen atoms in total. The lowest BCUT2D eigenvalue weighted by molar-refractivity contribution is -0.142. The molecule has 1 rings (SSSR count). The quantitative estimate of drug-likeness (QED) is 0.611. The second-order valence-electron chi connectivity index (χ2n) is 3.44. The Morgan fingerprint density at radius 1 is 1.56 bits per heavy atom. The lowest BCUT2D eigenvalue weighted by Crippen LogP contribution is -2.07. The SMILES string of the molecule is C=CCc1ccc(CC(=O)OCC)cc1O. The molecule has 1 aromatic rings. The third kappa shape index (κ3) is 3.42. The van der Waals surface area contributed by atoms with Crippen LogP contribution in [0.1, 0.15) is 18.1 Å². The standard InChI is InChI=1S/C13H16O3/c1-3-5-11-7-6-10(8-12(11)14)9-13(15)16-4-2/h3,6-8,14H,1,4-5,9H2,2H3. The molecule has 0 aliphatic heterocycles. The first-order valence-electron chi connectivity index (χ1n) is 5.24. The first kappa shape index (κ1) is 12.3. The number of rotatable bonds is 5. The van der Waals surface area contributed by atoms with E-state index in [1.165, 1.54) is 0 Å². The number of hydrogen-bond donors (Lipinski definition) is 1. The summed E-state index contributed by atoms with van der Waals surface area (Å²) in [6.45, 7) is 5.75. The lowest BCUT2D eigenvalue weighted by atomic mass is 10.1. The van der Waals surface area contributed by atoms with Crippen LogP contribution < -0.4 is 0 Å². The van der Waals surface area contributed by atoms with Crippen LogP contribution in [-0.4, -0.2) is 17.7 Å². The predicted octanol–water partition coefficient (Wildman–Crippen LogP) is 2.23. The Balaban J connectivity index is 2.73. The van der Waals surface area contributed by atoms with Gasteiger partial charge in [0.2, 0.25) is 0 Å². The summed E-state index contributed by atoms with van der Waals surface area (Å²) in [4.78, 5) is 11.2. The van der Waals surface area contributed by atoms with Crippen molar-refractivity contribution in [3.8, 4) is 5.75 Å². The van der Waals surface area contributed by atoms with E-state index in [0.29, 0.717) is 13.0 Å². The molecule has 0 fully saturated rings. The van der Waals surface area contributed by atoms with Gasteiger partial charge in [-0.1, -0.05) is 18.2 Å². The zero-order valence-electron chi connectivity index (χ0n) is 9.40. The maximum Gasteiger partial charge on any atom is 0.310 e. The van der Waals surface area contributed by atoms with Crippen molar-refractivity contribution in [3.63, 3.8) is 0 Å². The van der Waals surface area contributed by atoms with Crippen molar-refractivity contribution in [3.05, 3.63) is 42.0 Å². The highest BCUT2D eigenvalue weighted by Gasteiger charge is 2.06. The van der Waals surface area contributed by atoms with Crippen molar-refractivity contribution in [2.24, 2.45) is 0 Å². The molecule has 0 radical (unpaired) electrons. The molecule has 0 saturated heterocycles. The number of ether oxygens (including phenoxy) is 1. The fourth-order valence-corrected chi connectivity index (χ4v) is 1.43. The maximum absolute atomic E-state index is 11.2. The highest BCUT2D eigenvalue weighted by Crippen LogP contribution is 2.20. The molecule has 16 heavy (non-hydrogen) atoms. The van der Waals surface area contributed by atoms with Gasteiger partial charge in [-0.15, -0.1) is 6.58 Å². The molecule has 0 spiro atoms. The molecule has 3 heteroatoms. The van der Waals surface area contributed by atoms with E-state index >= 15 is 0 Å². The van der Waals surface area contributed by atoms with Crippen LogP contribution in [0.15, 0.2) is 30.9 Å². The predicted molar refractivity (Wildman–Crippen MR) is 62.3 cm³/mol. The van der Waals surface area contributed by atoms with Crippen LogP contribution in [0.4, 0.5) is 0 Å². The summed E-state index contributed by atoms with van der Waals surface area (Å²) in [5.41, 5.74) is 1.56. The Labute approximate surface area is 95.4 Å². The van der Waals surface area contributed by atoms with E-state index in [1.807, 2.05) is 6.07 Å². The molecule has 0 aliphatic carbocycles. The number of carbonyl (C=O) groups excluding carboxylic acids is 1. The highest BCUT2D eigenvalue weighted by molar-refractivity contribution is 5.72. The van der Waals surface area contributed by atoms with Gasteiger partial charge >= 0.3 is 5.97 Å². The summed E-state index contributed by atoms with van der Waals surface area (Å²) in [5.74, 6) is -0.0833. The van der Waals surface area contributed by atoms with E-state index in [1.54, 1.807) is 25.1 Å². The molecule has 0 unspecified atom stereocenters. The lowest BCUT2D eigenvalue weighted by Gasteiger charge is -2.05. The van der Waals surface area contributed by atoms with Crippen molar-refractivity contribution in [2.75, 3.05) is 6.61 Å². The fourth-order valence-electron chi connectivity index (χ4n) is 1.43. The van der Waals surface area contributed by atoms with E-state index in [9.17, 15) is 9.90 Å². The van der Waals surface area contributed by atoms with E-state index in [4.69, 9.17) is 4.74 Å². The summed E-state index contributed by atoms with van der Waals surface area (Å²) in [7, 11) is 0. The molecule has 1 aromatic carbocycles. The normalized spacial score (nSPS) is 9.81. The minimum absolute atomic E-state index is 0.190. The zero-order chi connectivity index (χ0) is 12.0. The van der Waals surface area contributed by atoms with E-state index in [2.05, 4.69) is 6.58 Å². The summed E-state index contributed by atoms with van der Waals surface area (Å²) in [6.07, 6.45) is 2.53. The van der Waals surface area contributed by atoms with Gasteiger partial charge < -0.3 is 9.84 Å². The second kappa shape index (κ2) is 5.95. The zero-order valence-corrected chi connectivity index (χ0v) is 9.40. The molecular weight excluding hydrogens is 204 g/mol. The van der Waals surface area contributed by atoms with Gasteiger partial charge in [0.15, 0.2) is 0 Å². The average molecular weight is 220 g/mol. The monoisotopic (exact) mass is 220 g/mol. The van der Waals surface area contributed by atoms with Gasteiger partial charge in [0.25, 0.3) is 0 Å². The Bertz CT molecular complexity index is 383. The molecule has 0 aliphatic rings. The van der Waals surface area contributed by atoms with Crippen LogP contribution in [-0.2, 0) is 22.4 Å². The Morgan fingerprint density at radius 3 is 2.88 bits per heavy atom. The van der Waals surface area contributed by atoms with Gasteiger partial charge in [-0.25, -0.2) is 0 Å². The van der Waals surface area contributed by atoms with Crippen LogP contribution >= 0.6 is 0 Å². The maximum atomic E-state index is 11.2. The Hall–Kier alpha value is -1.77. The molecule has 0 bridgehead atoms. The Kier molecular flexibility index (Phi) is 4.58. The Morgan fingerprint density at radius 2 is 2.31 bits per heavy atom. The summed E-state index contributed by atoms with van der Waals surface area (Å²) in [6, 6.07) is 5.21. The molecule has 86 valence electrons. The number of phenolic OH excluding ortho intramolecular Hbond substituents is 1. The molecule has 0 amide bonds. The largest absolute Gasteiger partial charge is 0.508 e. The minimum atomic E-state index is -0.279. The molecular formula is C13H16O3. The van der Waals surface area contributed by atoms with Gasteiger partial charge in [0.05, 0.1) is 13.0 Å². The number of allylic oxidation sites excluding steroid dienone is 1. The molecule has 0 aromatic heterocycles. The van der Waals surface area contributed by atoms with Gasteiger partial charge in [-0.05, 0) is 30.5 Å². The van der Waals surface area contributed by atoms with Crippen molar-refractivity contribution < 1.29 is 14.6 Å². The van der Waals surface area contributed by atoms with Crippen molar-refractivity contribution >= 4 is 5.97 Å². The number of carbonyl (C=O) groups is 1. The van der Waals surface area contributed by atoms with Crippen molar-refractivity contribution in [1.82, 2.24) is 0 Å². The number of benzene rings is 1. The van der Waals surface area contributed by atoms with Gasteiger partial charge in [0.1, 0.15) is 5.75 Å². The third-order valence-corrected chi connectivity index (χ3v) is 2.17. The first-order chi connectivity index (χ1) is 7.67. The van der Waals surface area contributed by atoms with Gasteiger partial charge in [-0.3, -0.25) is 4.79 Å². The first-order valence-corrected chi connectivity index (χ1v) is 5.24. The van der Waals surface area contributed by atoms with Crippen LogP contribution in [0.5, 0.6) is 5.75 Å². The minimum Gasteiger partial charge on any atom is -0.508 e. The highest BCUT2D eigenvalue weighted by atomic mass is 16.5. The summed E-state index contributed by atoms with van der Waals surface area (Å²) >= 11 is 0. The molecule has 0 atom stereocenters. The number of aromatic hydroxyl groups is 1.